The highest BCUT2D eigenvalue weighted by atomic mass is 16.5. The average Bonchev–Trinajstić information content (AvgIpc) is 3.56. The van der Waals surface area contributed by atoms with Crippen molar-refractivity contribution < 1.29 is 23.9 Å². The summed E-state index contributed by atoms with van der Waals surface area (Å²) in [5.41, 5.74) is 5.10. The van der Waals surface area contributed by atoms with Gasteiger partial charge in [0, 0.05) is 23.3 Å². The quantitative estimate of drug-likeness (QED) is 0.141. The summed E-state index contributed by atoms with van der Waals surface area (Å²) in [5, 5.41) is 3.04. The van der Waals surface area contributed by atoms with Gasteiger partial charge in [0.15, 0.2) is 0 Å². The largest absolute Gasteiger partial charge is 0.457 e. The number of hydrogen-bond acceptors (Lipinski definition) is 5. The number of nitrogens with zero attached hydrogens (tertiary/aromatic N) is 1. The van der Waals surface area contributed by atoms with E-state index in [4.69, 9.17) is 9.47 Å². The zero-order valence-corrected chi connectivity index (χ0v) is 28.6. The molecule has 7 nitrogen and oxygen atoms in total. The summed E-state index contributed by atoms with van der Waals surface area (Å²) in [7, 11) is 0. The minimum absolute atomic E-state index is 0.0741. The fraction of sp³-hybridized carbons (Fsp3) is 0.295. The van der Waals surface area contributed by atoms with Gasteiger partial charge in [-0.1, -0.05) is 78.9 Å². The molecule has 0 aliphatic heterocycles. The van der Waals surface area contributed by atoms with Gasteiger partial charge in [-0.3, -0.25) is 4.79 Å². The molecule has 4 bridgehead atoms. The van der Waals surface area contributed by atoms with Crippen LogP contribution in [0.4, 0.5) is 5.69 Å². The third kappa shape index (κ3) is 7.25. The number of carbonyl (C=O) groups is 3. The molecule has 51 heavy (non-hydrogen) atoms. The fourth-order valence-corrected chi connectivity index (χ4v) is 9.29. The summed E-state index contributed by atoms with van der Waals surface area (Å²) >= 11 is 0. The number of nitrogens with one attached hydrogen (secondary N) is 1. The Morgan fingerprint density at radius 1 is 0.647 bits per heavy atom. The Bertz CT molecular complexity index is 1930. The Morgan fingerprint density at radius 3 is 1.65 bits per heavy atom. The van der Waals surface area contributed by atoms with E-state index < -0.39 is 11.9 Å². The first-order valence-corrected chi connectivity index (χ1v) is 18.0. The van der Waals surface area contributed by atoms with E-state index in [-0.39, 0.29) is 35.7 Å². The van der Waals surface area contributed by atoms with Crippen molar-refractivity contribution in [3.05, 3.63) is 155 Å². The van der Waals surface area contributed by atoms with E-state index in [9.17, 15) is 14.4 Å². The first kappa shape index (κ1) is 32.8. The van der Waals surface area contributed by atoms with Crippen LogP contribution in [-0.4, -0.2) is 22.4 Å². The molecule has 0 unspecified atom stereocenters. The third-order valence-electron chi connectivity index (χ3n) is 11.1. The molecule has 0 radical (unpaired) electrons. The van der Waals surface area contributed by atoms with Crippen LogP contribution in [-0.2, 0) is 29.1 Å². The lowest BCUT2D eigenvalue weighted by Gasteiger charge is -2.57. The lowest BCUT2D eigenvalue weighted by molar-refractivity contribution is -0.0528. The molecule has 1 N–H and O–H groups in total. The molecule has 4 aromatic carbocycles. The third-order valence-corrected chi connectivity index (χ3v) is 11.1. The van der Waals surface area contributed by atoms with Gasteiger partial charge in [0.05, 0.1) is 16.7 Å². The van der Waals surface area contributed by atoms with Crippen molar-refractivity contribution in [1.82, 2.24) is 4.57 Å². The maximum atomic E-state index is 14.3. The molecule has 9 rings (SSSR count). The summed E-state index contributed by atoms with van der Waals surface area (Å²) in [4.78, 5) is 41.0. The number of para-hydroxylation sites is 1. The average molecular weight is 679 g/mol. The Kier molecular flexibility index (Phi) is 9.03. The van der Waals surface area contributed by atoms with Gasteiger partial charge >= 0.3 is 11.9 Å². The van der Waals surface area contributed by atoms with E-state index in [1.54, 1.807) is 12.1 Å². The van der Waals surface area contributed by atoms with E-state index in [0.29, 0.717) is 11.3 Å². The zero-order chi connectivity index (χ0) is 34.8. The van der Waals surface area contributed by atoms with Gasteiger partial charge in [-0.15, -0.1) is 0 Å². The highest BCUT2D eigenvalue weighted by Gasteiger charge is 2.51. The van der Waals surface area contributed by atoms with Gasteiger partial charge in [-0.2, -0.15) is 0 Å². The van der Waals surface area contributed by atoms with E-state index in [0.717, 1.165) is 46.7 Å². The van der Waals surface area contributed by atoms with Gasteiger partial charge in [0.25, 0.3) is 5.91 Å². The molecular weight excluding hydrogens is 636 g/mol. The van der Waals surface area contributed by atoms with Crippen LogP contribution < -0.4 is 5.32 Å². The van der Waals surface area contributed by atoms with Crippen LogP contribution in [0, 0.1) is 23.2 Å². The van der Waals surface area contributed by atoms with Crippen molar-refractivity contribution in [3.63, 3.8) is 0 Å². The second kappa shape index (κ2) is 14.1. The molecule has 0 spiro atoms. The second-order valence-corrected chi connectivity index (χ2v) is 14.9. The molecule has 5 aromatic rings. The van der Waals surface area contributed by atoms with Gasteiger partial charge in [-0.05, 0) is 116 Å². The smallest absolute Gasteiger partial charge is 0.338 e. The molecule has 1 amide bonds. The molecule has 0 saturated heterocycles. The van der Waals surface area contributed by atoms with Crippen LogP contribution in [0.15, 0.2) is 121 Å². The van der Waals surface area contributed by atoms with Crippen LogP contribution in [0.1, 0.15) is 86.4 Å². The molecule has 4 aliphatic carbocycles. The van der Waals surface area contributed by atoms with Crippen molar-refractivity contribution in [2.24, 2.45) is 23.2 Å². The standard InChI is InChI=1S/C44H42N2O5/c47-41(39-16-17-46(38-14-8-3-9-15-38)40(39)27-44-24-32-18-33(25-44)20-34(19-32)26-44)45-37-22-35(42(48)50-28-30-10-4-1-5-11-30)21-36(23-37)43(49)51-29-31-12-6-2-7-13-31/h1-17,21-23,32-34H,18-20,24-29H2,(H,45,47). The minimum atomic E-state index is -0.607. The van der Waals surface area contributed by atoms with Crippen LogP contribution in [0.25, 0.3) is 5.69 Å². The van der Waals surface area contributed by atoms with E-state index in [1.165, 1.54) is 44.6 Å². The number of anilines is 1. The lowest BCUT2D eigenvalue weighted by Crippen LogP contribution is -2.47. The SMILES string of the molecule is O=C(OCc1ccccc1)c1cc(NC(=O)c2ccn(-c3ccccc3)c2CC23CC4CC(CC(C4)C2)C3)cc(C(=O)OCc2ccccc2)c1. The number of esters is 2. The van der Waals surface area contributed by atoms with Crippen LogP contribution >= 0.6 is 0 Å². The number of rotatable bonds is 11. The molecule has 4 fully saturated rings. The Hall–Kier alpha value is -5.43. The molecule has 7 heteroatoms. The van der Waals surface area contributed by atoms with Gasteiger partial charge < -0.3 is 19.4 Å². The number of benzene rings is 4. The Morgan fingerprint density at radius 2 is 1.14 bits per heavy atom. The summed E-state index contributed by atoms with van der Waals surface area (Å²) in [6.45, 7) is 0.148. The molecule has 0 atom stereocenters. The Labute approximate surface area is 298 Å². The van der Waals surface area contributed by atoms with Crippen molar-refractivity contribution >= 4 is 23.5 Å². The summed E-state index contributed by atoms with van der Waals surface area (Å²) in [5.74, 6) is 0.867. The summed E-state index contributed by atoms with van der Waals surface area (Å²) in [6, 6.07) is 35.5. The van der Waals surface area contributed by atoms with E-state index in [1.807, 2.05) is 91.1 Å². The van der Waals surface area contributed by atoms with Crippen molar-refractivity contribution in [3.8, 4) is 5.69 Å². The van der Waals surface area contributed by atoms with Crippen molar-refractivity contribution in [2.75, 3.05) is 5.32 Å². The highest BCUT2D eigenvalue weighted by Crippen LogP contribution is 2.61. The maximum absolute atomic E-state index is 14.3. The van der Waals surface area contributed by atoms with Crippen molar-refractivity contribution in [1.29, 1.82) is 0 Å². The summed E-state index contributed by atoms with van der Waals surface area (Å²) in [6.07, 6.45) is 10.6. The molecule has 1 heterocycles. The van der Waals surface area contributed by atoms with Gasteiger partial charge in [-0.25, -0.2) is 9.59 Å². The van der Waals surface area contributed by atoms with Gasteiger partial charge in [0.2, 0.25) is 0 Å². The molecule has 1 aromatic heterocycles. The number of amides is 1. The molecule has 4 saturated carbocycles. The predicted octanol–water partition coefficient (Wildman–Crippen LogP) is 9.20. The predicted molar refractivity (Wildman–Crippen MR) is 196 cm³/mol. The second-order valence-electron chi connectivity index (χ2n) is 14.9. The normalized spacial score (nSPS) is 21.6. The topological polar surface area (TPSA) is 86.6 Å². The number of hydrogen-bond donors (Lipinski definition) is 1. The van der Waals surface area contributed by atoms with E-state index >= 15 is 0 Å². The molecule has 4 aliphatic rings. The van der Waals surface area contributed by atoms with Crippen LogP contribution in [0.2, 0.25) is 0 Å². The van der Waals surface area contributed by atoms with Gasteiger partial charge in [0.1, 0.15) is 13.2 Å². The highest BCUT2D eigenvalue weighted by molar-refractivity contribution is 6.07. The minimum Gasteiger partial charge on any atom is -0.457 e. The first-order valence-electron chi connectivity index (χ1n) is 18.0. The van der Waals surface area contributed by atoms with Crippen molar-refractivity contribution in [2.45, 2.75) is 58.2 Å². The maximum Gasteiger partial charge on any atom is 0.338 e. The monoisotopic (exact) mass is 678 g/mol. The number of ether oxygens (including phenoxy) is 2. The number of aromatic nitrogens is 1. The van der Waals surface area contributed by atoms with Crippen LogP contribution in [0.3, 0.4) is 0 Å². The molecule has 258 valence electrons. The Balaban J connectivity index is 1.09. The zero-order valence-electron chi connectivity index (χ0n) is 28.6. The first-order chi connectivity index (χ1) is 24.9. The fourth-order valence-electron chi connectivity index (χ4n) is 9.29. The lowest BCUT2D eigenvalue weighted by atomic mass is 9.48. The van der Waals surface area contributed by atoms with E-state index in [2.05, 4.69) is 22.0 Å². The van der Waals surface area contributed by atoms with Crippen LogP contribution in [0.5, 0.6) is 0 Å². The molecular formula is C44H42N2O5. The number of carbonyl (C=O) groups excluding carboxylic acids is 3. The summed E-state index contributed by atoms with van der Waals surface area (Å²) < 4.78 is 13.4.